The van der Waals surface area contributed by atoms with Gasteiger partial charge in [0.1, 0.15) is 11.6 Å². The highest BCUT2D eigenvalue weighted by Crippen LogP contribution is 2.15. The maximum Gasteiger partial charge on any atom is 0.241 e. The van der Waals surface area contributed by atoms with Crippen LogP contribution in [0.1, 0.15) is 12.5 Å². The Hall–Kier alpha value is -2.27. The fraction of sp³-hybridized carbons (Fsp3) is 0.235. The Kier molecular flexibility index (Phi) is 5.22. The van der Waals surface area contributed by atoms with Crippen molar-refractivity contribution in [2.45, 2.75) is 19.5 Å². The van der Waals surface area contributed by atoms with Gasteiger partial charge in [-0.1, -0.05) is 30.3 Å². The van der Waals surface area contributed by atoms with Gasteiger partial charge in [-0.3, -0.25) is 9.69 Å². The number of hydrogen-bond acceptors (Lipinski definition) is 2. The number of nitrogens with zero attached hydrogens (tertiary/aromatic N) is 1. The molecule has 0 bridgehead atoms. The summed E-state index contributed by atoms with van der Waals surface area (Å²) in [5.41, 5.74) is 0.647. The summed E-state index contributed by atoms with van der Waals surface area (Å²) in [7, 11) is 1.72. The molecule has 0 saturated carbocycles. The topological polar surface area (TPSA) is 32.3 Å². The minimum Gasteiger partial charge on any atom is -0.322 e. The van der Waals surface area contributed by atoms with Gasteiger partial charge in [-0.15, -0.1) is 0 Å². The molecule has 22 heavy (non-hydrogen) atoms. The molecular weight excluding hydrogens is 286 g/mol. The first kappa shape index (κ1) is 16.1. The summed E-state index contributed by atoms with van der Waals surface area (Å²) in [4.78, 5) is 13.9. The predicted molar refractivity (Wildman–Crippen MR) is 82.4 cm³/mol. The van der Waals surface area contributed by atoms with E-state index in [9.17, 15) is 13.6 Å². The number of halogens is 2. The van der Waals surface area contributed by atoms with Crippen molar-refractivity contribution in [3.05, 3.63) is 65.7 Å². The molecule has 2 rings (SSSR count). The van der Waals surface area contributed by atoms with Crippen LogP contribution in [0.5, 0.6) is 0 Å². The third-order valence-electron chi connectivity index (χ3n) is 3.55. The van der Waals surface area contributed by atoms with Crippen LogP contribution in [-0.4, -0.2) is 23.9 Å². The Balaban J connectivity index is 2.01. The molecule has 2 aromatic rings. The summed E-state index contributed by atoms with van der Waals surface area (Å²) in [5.74, 6) is -1.14. The summed E-state index contributed by atoms with van der Waals surface area (Å²) < 4.78 is 27.2. The zero-order valence-corrected chi connectivity index (χ0v) is 12.5. The van der Waals surface area contributed by atoms with Gasteiger partial charge in [0.25, 0.3) is 0 Å². The average molecular weight is 304 g/mol. The van der Waals surface area contributed by atoms with E-state index in [0.29, 0.717) is 12.1 Å². The van der Waals surface area contributed by atoms with Crippen LogP contribution in [0.3, 0.4) is 0 Å². The lowest BCUT2D eigenvalue weighted by Gasteiger charge is -2.24. The van der Waals surface area contributed by atoms with Crippen molar-refractivity contribution >= 4 is 11.6 Å². The zero-order valence-electron chi connectivity index (χ0n) is 12.5. The minimum atomic E-state index is -0.529. The second-order valence-corrected chi connectivity index (χ2v) is 5.15. The highest BCUT2D eigenvalue weighted by Gasteiger charge is 2.20. The molecule has 0 aliphatic rings. The lowest BCUT2D eigenvalue weighted by atomic mass is 10.1. The molecule has 0 saturated heterocycles. The highest BCUT2D eigenvalue weighted by molar-refractivity contribution is 5.94. The summed E-state index contributed by atoms with van der Waals surface area (Å²) in [6.07, 6.45) is 0. The van der Waals surface area contributed by atoms with Gasteiger partial charge in [-0.05, 0) is 32.2 Å². The first-order valence-corrected chi connectivity index (χ1v) is 6.98. The molecule has 0 aromatic heterocycles. The third kappa shape index (κ3) is 3.89. The Labute approximate surface area is 128 Å². The molecule has 0 spiro atoms. The molecule has 116 valence electrons. The van der Waals surface area contributed by atoms with Gasteiger partial charge in [0.15, 0.2) is 0 Å². The quantitative estimate of drug-likeness (QED) is 0.918. The van der Waals surface area contributed by atoms with Crippen LogP contribution in [0.4, 0.5) is 14.5 Å². The van der Waals surface area contributed by atoms with Crippen LogP contribution in [0.25, 0.3) is 0 Å². The van der Waals surface area contributed by atoms with E-state index in [1.807, 2.05) is 0 Å². The number of nitrogens with one attached hydrogen (secondary N) is 1. The molecule has 1 N–H and O–H groups in total. The van der Waals surface area contributed by atoms with E-state index < -0.39 is 11.9 Å². The van der Waals surface area contributed by atoms with Crippen LogP contribution in [0.2, 0.25) is 0 Å². The fourth-order valence-corrected chi connectivity index (χ4v) is 2.03. The van der Waals surface area contributed by atoms with E-state index in [1.165, 1.54) is 18.2 Å². The van der Waals surface area contributed by atoms with Crippen LogP contribution in [0.15, 0.2) is 48.5 Å². The molecule has 5 heteroatoms. The van der Waals surface area contributed by atoms with Crippen molar-refractivity contribution in [3.63, 3.8) is 0 Å². The maximum absolute atomic E-state index is 13.6. The normalized spacial score (nSPS) is 12.2. The molecule has 2 aromatic carbocycles. The van der Waals surface area contributed by atoms with Crippen LogP contribution >= 0.6 is 0 Å². The van der Waals surface area contributed by atoms with Crippen LogP contribution in [-0.2, 0) is 11.3 Å². The molecular formula is C17H18F2N2O. The van der Waals surface area contributed by atoms with Crippen molar-refractivity contribution in [3.8, 4) is 0 Å². The van der Waals surface area contributed by atoms with Gasteiger partial charge in [-0.2, -0.15) is 0 Å². The SMILES string of the molecule is C[C@@H](C(=O)Nc1ccccc1F)N(C)Cc1ccccc1F. The van der Waals surface area contributed by atoms with Gasteiger partial charge >= 0.3 is 0 Å². The summed E-state index contributed by atoms with van der Waals surface area (Å²) >= 11 is 0. The number of benzene rings is 2. The van der Waals surface area contributed by atoms with Gasteiger partial charge in [0, 0.05) is 12.1 Å². The number of likely N-dealkylation sites (N-methyl/N-ethyl adjacent to an activating group) is 1. The first-order valence-electron chi connectivity index (χ1n) is 6.98. The summed E-state index contributed by atoms with van der Waals surface area (Å²) in [6, 6.07) is 11.9. The molecule has 0 heterocycles. The standard InChI is InChI=1S/C17H18F2N2O/c1-12(17(22)20-16-10-6-5-9-15(16)19)21(2)11-13-7-3-4-8-14(13)18/h3-10,12H,11H2,1-2H3,(H,20,22)/t12-/m0/s1. The largest absolute Gasteiger partial charge is 0.322 e. The highest BCUT2D eigenvalue weighted by atomic mass is 19.1. The summed E-state index contributed by atoms with van der Waals surface area (Å²) in [5, 5.41) is 2.54. The fourth-order valence-electron chi connectivity index (χ4n) is 2.03. The van der Waals surface area contributed by atoms with E-state index in [1.54, 1.807) is 49.2 Å². The van der Waals surface area contributed by atoms with E-state index in [4.69, 9.17) is 0 Å². The van der Waals surface area contributed by atoms with Gasteiger partial charge < -0.3 is 5.32 Å². The van der Waals surface area contributed by atoms with Gasteiger partial charge in [0.05, 0.1) is 11.7 Å². The molecule has 0 aliphatic carbocycles. The Morgan fingerprint density at radius 3 is 2.32 bits per heavy atom. The number of rotatable bonds is 5. The van der Waals surface area contributed by atoms with E-state index in [2.05, 4.69) is 5.32 Å². The van der Waals surface area contributed by atoms with Gasteiger partial charge in [0.2, 0.25) is 5.91 Å². The monoisotopic (exact) mass is 304 g/mol. The van der Waals surface area contributed by atoms with Crippen molar-refractivity contribution in [2.24, 2.45) is 0 Å². The maximum atomic E-state index is 13.6. The predicted octanol–water partition coefficient (Wildman–Crippen LogP) is 3.42. The second kappa shape index (κ2) is 7.13. The van der Waals surface area contributed by atoms with Gasteiger partial charge in [-0.25, -0.2) is 8.78 Å². The van der Waals surface area contributed by atoms with Crippen molar-refractivity contribution in [1.82, 2.24) is 4.90 Å². The average Bonchev–Trinajstić information content (AvgIpc) is 2.51. The Morgan fingerprint density at radius 1 is 1.09 bits per heavy atom. The Morgan fingerprint density at radius 2 is 1.68 bits per heavy atom. The van der Waals surface area contributed by atoms with Crippen molar-refractivity contribution in [1.29, 1.82) is 0 Å². The third-order valence-corrected chi connectivity index (χ3v) is 3.55. The lowest BCUT2D eigenvalue weighted by Crippen LogP contribution is -2.39. The summed E-state index contributed by atoms with van der Waals surface area (Å²) in [6.45, 7) is 1.98. The molecule has 0 unspecified atom stereocenters. The molecule has 0 radical (unpaired) electrons. The number of anilines is 1. The van der Waals surface area contributed by atoms with E-state index in [-0.39, 0.29) is 17.4 Å². The number of hydrogen-bond donors (Lipinski definition) is 1. The number of amides is 1. The van der Waals surface area contributed by atoms with Crippen LogP contribution in [0, 0.1) is 11.6 Å². The Bertz CT molecular complexity index is 661. The van der Waals surface area contributed by atoms with E-state index >= 15 is 0 Å². The number of para-hydroxylation sites is 1. The molecule has 0 aliphatic heterocycles. The molecule has 1 amide bonds. The smallest absolute Gasteiger partial charge is 0.241 e. The minimum absolute atomic E-state index is 0.138. The lowest BCUT2D eigenvalue weighted by molar-refractivity contribution is -0.120. The number of carbonyl (C=O) groups excluding carboxylic acids is 1. The molecule has 1 atom stereocenters. The first-order chi connectivity index (χ1) is 10.5. The van der Waals surface area contributed by atoms with Crippen LogP contribution < -0.4 is 5.32 Å². The van der Waals surface area contributed by atoms with E-state index in [0.717, 1.165) is 0 Å². The zero-order chi connectivity index (χ0) is 16.1. The van der Waals surface area contributed by atoms with Crippen molar-refractivity contribution < 1.29 is 13.6 Å². The second-order valence-electron chi connectivity index (χ2n) is 5.15. The number of carbonyl (C=O) groups is 1. The molecule has 0 fully saturated rings. The van der Waals surface area contributed by atoms with Crippen molar-refractivity contribution in [2.75, 3.05) is 12.4 Å². The molecule has 3 nitrogen and oxygen atoms in total.